The number of benzene rings is 2. The first-order valence-electron chi connectivity index (χ1n) is 11.6. The van der Waals surface area contributed by atoms with Gasteiger partial charge in [0, 0.05) is 31.0 Å². The number of hydrogen-bond acceptors (Lipinski definition) is 5. The molecule has 0 aromatic heterocycles. The van der Waals surface area contributed by atoms with E-state index in [1.165, 1.54) is 0 Å². The van der Waals surface area contributed by atoms with Crippen molar-refractivity contribution in [3.05, 3.63) is 59.7 Å². The smallest absolute Gasteiger partial charge is 0.407 e. The monoisotopic (exact) mass is 466 g/mol. The van der Waals surface area contributed by atoms with Gasteiger partial charge in [0.15, 0.2) is 0 Å². The van der Waals surface area contributed by atoms with E-state index in [1.54, 1.807) is 13.8 Å². The highest BCUT2D eigenvalue weighted by atomic mass is 16.5. The molecule has 0 radical (unpaired) electrons. The minimum Gasteiger partial charge on any atom is -0.481 e. The third-order valence-corrected chi connectivity index (χ3v) is 6.83. The van der Waals surface area contributed by atoms with Crippen LogP contribution in [0, 0.1) is 11.8 Å². The van der Waals surface area contributed by atoms with E-state index in [0.29, 0.717) is 13.0 Å². The Morgan fingerprint density at radius 1 is 1.06 bits per heavy atom. The molecular formula is C26H30N2O6. The summed E-state index contributed by atoms with van der Waals surface area (Å²) >= 11 is 0. The number of rotatable bonds is 8. The van der Waals surface area contributed by atoms with E-state index in [9.17, 15) is 14.4 Å². The molecule has 3 N–H and O–H groups in total. The minimum atomic E-state index is -0.978. The van der Waals surface area contributed by atoms with Crippen molar-refractivity contribution in [1.29, 1.82) is 0 Å². The Bertz CT molecular complexity index is 1030. The summed E-state index contributed by atoms with van der Waals surface area (Å²) in [6.07, 6.45) is -0.664. The number of ether oxygens (including phenoxy) is 2. The van der Waals surface area contributed by atoms with E-state index in [4.69, 9.17) is 14.6 Å². The lowest BCUT2D eigenvalue weighted by Crippen LogP contribution is -2.47. The summed E-state index contributed by atoms with van der Waals surface area (Å²) < 4.78 is 11.1. The number of carboxylic acids is 1. The highest BCUT2D eigenvalue weighted by molar-refractivity contribution is 5.83. The molecule has 0 spiro atoms. The number of alkyl carbamates (subject to hydrolysis) is 1. The van der Waals surface area contributed by atoms with Crippen molar-refractivity contribution in [2.75, 3.05) is 19.8 Å². The van der Waals surface area contributed by atoms with Crippen LogP contribution in [0.5, 0.6) is 0 Å². The molecule has 8 heteroatoms. The number of carboxylic acid groups (broad SMARTS) is 1. The molecule has 2 aliphatic rings. The van der Waals surface area contributed by atoms with Gasteiger partial charge in [-0.3, -0.25) is 9.59 Å². The van der Waals surface area contributed by atoms with Crippen molar-refractivity contribution in [3.8, 4) is 11.1 Å². The van der Waals surface area contributed by atoms with Gasteiger partial charge in [-0.05, 0) is 42.5 Å². The van der Waals surface area contributed by atoms with Gasteiger partial charge in [-0.1, -0.05) is 48.5 Å². The first-order chi connectivity index (χ1) is 16.4. The lowest BCUT2D eigenvalue weighted by Gasteiger charge is -2.23. The standard InChI is InChI=1S/C26H30N2O6/c1-15(25(30)31)16(2)28-24(29)23-17(11-12-33-23)13-27-26(32)34-14-22-20-9-5-3-7-18(20)19-8-4-6-10-21(19)22/h3-10,15-17,22-23H,11-14H2,1-2H3,(H,27,32)(H,28,29)(H,30,31)/t15?,16?,17-,23-/m1/s1. The fourth-order valence-electron chi connectivity index (χ4n) is 4.64. The molecule has 1 saturated heterocycles. The SMILES string of the molecule is CC(NC(=O)[C@@H]1OCC[C@@H]1CNC(=O)OCC1c2ccccc2-c2ccccc21)C(C)C(=O)O. The van der Waals surface area contributed by atoms with Crippen molar-refractivity contribution in [2.24, 2.45) is 11.8 Å². The maximum absolute atomic E-state index is 12.6. The summed E-state index contributed by atoms with van der Waals surface area (Å²) in [5.74, 6) is -2.30. The Balaban J connectivity index is 1.30. The molecule has 1 heterocycles. The molecular weight excluding hydrogens is 436 g/mol. The Kier molecular flexibility index (Phi) is 7.17. The maximum atomic E-state index is 12.6. The molecule has 2 aromatic rings. The van der Waals surface area contributed by atoms with Gasteiger partial charge >= 0.3 is 12.1 Å². The van der Waals surface area contributed by atoms with E-state index in [1.807, 2.05) is 24.3 Å². The number of hydrogen-bond donors (Lipinski definition) is 3. The summed E-state index contributed by atoms with van der Waals surface area (Å²) in [5.41, 5.74) is 4.61. The van der Waals surface area contributed by atoms with E-state index in [-0.39, 0.29) is 30.9 Å². The predicted molar refractivity (Wildman–Crippen MR) is 125 cm³/mol. The van der Waals surface area contributed by atoms with Crippen molar-refractivity contribution in [3.63, 3.8) is 0 Å². The van der Waals surface area contributed by atoms with Crippen molar-refractivity contribution >= 4 is 18.0 Å². The van der Waals surface area contributed by atoms with E-state index < -0.39 is 30.1 Å². The third-order valence-electron chi connectivity index (χ3n) is 6.83. The van der Waals surface area contributed by atoms with Crippen LogP contribution < -0.4 is 10.6 Å². The second-order valence-corrected chi connectivity index (χ2v) is 8.97. The summed E-state index contributed by atoms with van der Waals surface area (Å²) in [5, 5.41) is 14.6. The Morgan fingerprint density at radius 3 is 2.29 bits per heavy atom. The van der Waals surface area contributed by atoms with Gasteiger partial charge in [0.05, 0.1) is 5.92 Å². The first kappa shape index (κ1) is 23.8. The largest absolute Gasteiger partial charge is 0.481 e. The van der Waals surface area contributed by atoms with Crippen LogP contribution in [0.4, 0.5) is 4.79 Å². The molecule has 0 bridgehead atoms. The Hall–Kier alpha value is -3.39. The molecule has 1 fully saturated rings. The second-order valence-electron chi connectivity index (χ2n) is 8.97. The van der Waals surface area contributed by atoms with Crippen molar-refractivity contribution < 1.29 is 29.0 Å². The third kappa shape index (κ3) is 4.92. The van der Waals surface area contributed by atoms with Gasteiger partial charge in [-0.25, -0.2) is 4.79 Å². The van der Waals surface area contributed by atoms with Crippen LogP contribution in [0.25, 0.3) is 11.1 Å². The van der Waals surface area contributed by atoms with Gasteiger partial charge in [0.25, 0.3) is 0 Å². The molecule has 8 nitrogen and oxygen atoms in total. The summed E-state index contributed by atoms with van der Waals surface area (Å²) in [7, 11) is 0. The molecule has 2 aromatic carbocycles. The molecule has 180 valence electrons. The second kappa shape index (κ2) is 10.3. The molecule has 1 aliphatic heterocycles. The minimum absolute atomic E-state index is 0.0239. The first-order valence-corrected chi connectivity index (χ1v) is 11.6. The van der Waals surface area contributed by atoms with E-state index in [2.05, 4.69) is 34.9 Å². The average molecular weight is 467 g/mol. The molecule has 34 heavy (non-hydrogen) atoms. The highest BCUT2D eigenvalue weighted by Gasteiger charge is 2.36. The van der Waals surface area contributed by atoms with Crippen molar-refractivity contribution in [2.45, 2.75) is 38.3 Å². The Labute approximate surface area is 198 Å². The van der Waals surface area contributed by atoms with E-state index >= 15 is 0 Å². The molecule has 4 rings (SSSR count). The normalized spacial score (nSPS) is 20.6. The summed E-state index contributed by atoms with van der Waals surface area (Å²) in [6, 6.07) is 15.7. The molecule has 0 saturated carbocycles. The molecule has 2 unspecified atom stereocenters. The average Bonchev–Trinajstić information content (AvgIpc) is 3.43. The number of nitrogens with one attached hydrogen (secondary N) is 2. The van der Waals surface area contributed by atoms with E-state index in [0.717, 1.165) is 22.3 Å². The quantitative estimate of drug-likeness (QED) is 0.551. The maximum Gasteiger partial charge on any atom is 0.407 e. The predicted octanol–water partition coefficient (Wildman–Crippen LogP) is 3.16. The van der Waals surface area contributed by atoms with Crippen LogP contribution in [0.3, 0.4) is 0 Å². The Morgan fingerprint density at radius 2 is 1.68 bits per heavy atom. The van der Waals surface area contributed by atoms with Crippen LogP contribution in [-0.4, -0.2) is 55.0 Å². The topological polar surface area (TPSA) is 114 Å². The zero-order valence-electron chi connectivity index (χ0n) is 19.3. The number of aliphatic carboxylic acids is 1. The highest BCUT2D eigenvalue weighted by Crippen LogP contribution is 2.44. The summed E-state index contributed by atoms with van der Waals surface area (Å²) in [4.78, 5) is 36.2. The van der Waals surface area contributed by atoms with Gasteiger partial charge in [-0.15, -0.1) is 0 Å². The number of fused-ring (bicyclic) bond motifs is 3. The van der Waals surface area contributed by atoms with Crippen LogP contribution >= 0.6 is 0 Å². The van der Waals surface area contributed by atoms with Crippen LogP contribution in [-0.2, 0) is 19.1 Å². The molecule has 2 amide bonds. The lowest BCUT2D eigenvalue weighted by molar-refractivity contribution is -0.142. The summed E-state index contributed by atoms with van der Waals surface area (Å²) in [6.45, 7) is 4.04. The molecule has 4 atom stereocenters. The fourth-order valence-corrected chi connectivity index (χ4v) is 4.64. The zero-order valence-corrected chi connectivity index (χ0v) is 19.3. The molecule has 1 aliphatic carbocycles. The van der Waals surface area contributed by atoms with Crippen LogP contribution in [0.1, 0.15) is 37.3 Å². The van der Waals surface area contributed by atoms with Gasteiger partial charge in [0.2, 0.25) is 5.91 Å². The zero-order chi connectivity index (χ0) is 24.2. The number of amides is 2. The lowest BCUT2D eigenvalue weighted by atomic mass is 9.98. The van der Waals surface area contributed by atoms with Crippen molar-refractivity contribution in [1.82, 2.24) is 10.6 Å². The number of carbonyl (C=O) groups excluding carboxylic acids is 2. The van der Waals surface area contributed by atoms with Gasteiger partial charge in [-0.2, -0.15) is 0 Å². The number of carbonyl (C=O) groups is 3. The van der Waals surface area contributed by atoms with Gasteiger partial charge < -0.3 is 25.2 Å². The van der Waals surface area contributed by atoms with Crippen LogP contribution in [0.2, 0.25) is 0 Å². The van der Waals surface area contributed by atoms with Crippen LogP contribution in [0.15, 0.2) is 48.5 Å². The fraction of sp³-hybridized carbons (Fsp3) is 0.423. The van der Waals surface area contributed by atoms with Gasteiger partial charge in [0.1, 0.15) is 12.7 Å².